The van der Waals surface area contributed by atoms with Crippen LogP contribution < -0.4 is 5.32 Å². The Labute approximate surface area is 113 Å². The number of carbonyl (C=O) groups is 1. The van der Waals surface area contributed by atoms with Crippen LogP contribution in [0.3, 0.4) is 0 Å². The van der Waals surface area contributed by atoms with Crippen LogP contribution in [0.1, 0.15) is 19.3 Å². The summed E-state index contributed by atoms with van der Waals surface area (Å²) >= 11 is 1.89. The van der Waals surface area contributed by atoms with Crippen molar-refractivity contribution in [1.82, 2.24) is 10.2 Å². The summed E-state index contributed by atoms with van der Waals surface area (Å²) in [5.74, 6) is 2.95. The van der Waals surface area contributed by atoms with Crippen molar-refractivity contribution >= 4 is 17.7 Å². The van der Waals surface area contributed by atoms with E-state index in [0.717, 1.165) is 44.2 Å². The number of ether oxygens (including phenoxy) is 1. The Kier molecular flexibility index (Phi) is 4.11. The summed E-state index contributed by atoms with van der Waals surface area (Å²) in [6.07, 6.45) is 3.50. The van der Waals surface area contributed by atoms with Gasteiger partial charge in [0, 0.05) is 43.2 Å². The summed E-state index contributed by atoms with van der Waals surface area (Å²) in [5.41, 5.74) is 0. The van der Waals surface area contributed by atoms with Gasteiger partial charge in [-0.1, -0.05) is 0 Å². The van der Waals surface area contributed by atoms with E-state index in [1.54, 1.807) is 0 Å². The molecule has 2 atom stereocenters. The molecule has 18 heavy (non-hydrogen) atoms. The average molecular weight is 270 g/mol. The maximum atomic E-state index is 12.6. The molecule has 2 unspecified atom stereocenters. The van der Waals surface area contributed by atoms with Crippen LogP contribution in [0.4, 0.5) is 0 Å². The highest BCUT2D eigenvalue weighted by Gasteiger charge is 2.37. The van der Waals surface area contributed by atoms with Crippen molar-refractivity contribution in [2.24, 2.45) is 5.92 Å². The maximum Gasteiger partial charge on any atom is 0.240 e. The largest absolute Gasteiger partial charge is 0.381 e. The van der Waals surface area contributed by atoms with Gasteiger partial charge < -0.3 is 15.0 Å². The maximum absolute atomic E-state index is 12.6. The van der Waals surface area contributed by atoms with E-state index in [-0.39, 0.29) is 6.04 Å². The molecular weight excluding hydrogens is 248 g/mol. The zero-order valence-electron chi connectivity index (χ0n) is 10.8. The van der Waals surface area contributed by atoms with Crippen molar-refractivity contribution in [2.45, 2.75) is 31.3 Å². The fourth-order valence-corrected chi connectivity index (χ4v) is 3.66. The molecule has 3 rings (SSSR count). The Morgan fingerprint density at radius 3 is 2.89 bits per heavy atom. The Balaban J connectivity index is 1.59. The lowest BCUT2D eigenvalue weighted by Crippen LogP contribution is -2.52. The van der Waals surface area contributed by atoms with Gasteiger partial charge in [-0.3, -0.25) is 4.79 Å². The number of thioether (sulfide) groups is 1. The molecule has 3 fully saturated rings. The van der Waals surface area contributed by atoms with Crippen LogP contribution in [-0.2, 0) is 9.53 Å². The minimum Gasteiger partial charge on any atom is -0.381 e. The summed E-state index contributed by atoms with van der Waals surface area (Å²) < 4.78 is 5.43. The SMILES string of the molecule is O=C(C1CSCCN1)N(CC1CCOC1)C1CC1. The summed E-state index contributed by atoms with van der Waals surface area (Å²) in [5, 5.41) is 3.36. The molecule has 0 bridgehead atoms. The minimum absolute atomic E-state index is 0.0478. The molecule has 1 saturated carbocycles. The average Bonchev–Trinajstić information content (AvgIpc) is 3.13. The second kappa shape index (κ2) is 5.80. The van der Waals surface area contributed by atoms with Crippen molar-refractivity contribution in [2.75, 3.05) is 37.8 Å². The summed E-state index contributed by atoms with van der Waals surface area (Å²) in [7, 11) is 0. The van der Waals surface area contributed by atoms with E-state index in [0.29, 0.717) is 17.9 Å². The normalized spacial score (nSPS) is 32.4. The van der Waals surface area contributed by atoms with Crippen LogP contribution in [-0.4, -0.2) is 60.7 Å². The molecule has 0 aromatic carbocycles. The Bertz CT molecular complexity index is 297. The second-order valence-corrected chi connectivity index (χ2v) is 6.68. The van der Waals surface area contributed by atoms with Crippen LogP contribution in [0.2, 0.25) is 0 Å². The highest BCUT2D eigenvalue weighted by Crippen LogP contribution is 2.30. The lowest BCUT2D eigenvalue weighted by Gasteiger charge is -2.31. The van der Waals surface area contributed by atoms with Gasteiger partial charge in [-0.2, -0.15) is 11.8 Å². The molecular formula is C13H22N2O2S. The van der Waals surface area contributed by atoms with Crippen LogP contribution in [0.15, 0.2) is 0 Å². The first kappa shape index (κ1) is 12.8. The number of nitrogens with one attached hydrogen (secondary N) is 1. The number of hydrogen-bond donors (Lipinski definition) is 1. The van der Waals surface area contributed by atoms with Crippen molar-refractivity contribution in [3.8, 4) is 0 Å². The van der Waals surface area contributed by atoms with Gasteiger partial charge in [0.15, 0.2) is 0 Å². The highest BCUT2D eigenvalue weighted by atomic mass is 32.2. The fraction of sp³-hybridized carbons (Fsp3) is 0.923. The monoisotopic (exact) mass is 270 g/mol. The first-order chi connectivity index (χ1) is 8.84. The number of carbonyl (C=O) groups excluding carboxylic acids is 1. The lowest BCUT2D eigenvalue weighted by atomic mass is 10.1. The van der Waals surface area contributed by atoms with E-state index < -0.39 is 0 Å². The third-order valence-corrected chi connectivity index (χ3v) is 5.03. The van der Waals surface area contributed by atoms with E-state index in [9.17, 15) is 4.79 Å². The van der Waals surface area contributed by atoms with Gasteiger partial charge in [-0.15, -0.1) is 0 Å². The number of rotatable bonds is 4. The number of nitrogens with zero attached hydrogens (tertiary/aromatic N) is 1. The molecule has 0 aromatic rings. The van der Waals surface area contributed by atoms with Crippen molar-refractivity contribution in [1.29, 1.82) is 0 Å². The molecule has 2 saturated heterocycles. The highest BCUT2D eigenvalue weighted by molar-refractivity contribution is 7.99. The van der Waals surface area contributed by atoms with Crippen LogP contribution in [0.5, 0.6) is 0 Å². The molecule has 3 aliphatic rings. The first-order valence-electron chi connectivity index (χ1n) is 7.04. The topological polar surface area (TPSA) is 41.6 Å². The predicted octanol–water partition coefficient (Wildman–Crippen LogP) is 0.719. The van der Waals surface area contributed by atoms with Gasteiger partial charge in [-0.05, 0) is 19.3 Å². The zero-order chi connectivity index (χ0) is 12.4. The molecule has 5 heteroatoms. The summed E-state index contributed by atoms with van der Waals surface area (Å²) in [6.45, 7) is 3.58. The van der Waals surface area contributed by atoms with E-state index in [1.165, 1.54) is 12.8 Å². The second-order valence-electron chi connectivity index (χ2n) is 5.53. The molecule has 0 radical (unpaired) electrons. The molecule has 0 spiro atoms. The minimum atomic E-state index is 0.0478. The lowest BCUT2D eigenvalue weighted by molar-refractivity contribution is -0.134. The van der Waals surface area contributed by atoms with Crippen LogP contribution >= 0.6 is 11.8 Å². The van der Waals surface area contributed by atoms with Crippen molar-refractivity contribution in [3.05, 3.63) is 0 Å². The molecule has 2 heterocycles. The van der Waals surface area contributed by atoms with Crippen LogP contribution in [0, 0.1) is 5.92 Å². The third-order valence-electron chi connectivity index (χ3n) is 3.97. The molecule has 102 valence electrons. The summed E-state index contributed by atoms with van der Waals surface area (Å²) in [4.78, 5) is 14.7. The summed E-state index contributed by atoms with van der Waals surface area (Å²) in [6, 6.07) is 0.568. The van der Waals surface area contributed by atoms with Crippen molar-refractivity contribution in [3.63, 3.8) is 0 Å². The molecule has 1 amide bonds. The zero-order valence-corrected chi connectivity index (χ0v) is 11.6. The quantitative estimate of drug-likeness (QED) is 0.817. The number of hydrogen-bond acceptors (Lipinski definition) is 4. The van der Waals surface area contributed by atoms with Gasteiger partial charge in [0.05, 0.1) is 12.6 Å². The van der Waals surface area contributed by atoms with E-state index in [2.05, 4.69) is 10.2 Å². The molecule has 1 N–H and O–H groups in total. The number of amides is 1. The van der Waals surface area contributed by atoms with Crippen molar-refractivity contribution < 1.29 is 9.53 Å². The first-order valence-corrected chi connectivity index (χ1v) is 8.19. The van der Waals surface area contributed by atoms with Gasteiger partial charge in [0.2, 0.25) is 5.91 Å². The molecule has 1 aliphatic carbocycles. The van der Waals surface area contributed by atoms with Gasteiger partial charge in [-0.25, -0.2) is 0 Å². The Hall–Kier alpha value is -0.260. The Morgan fingerprint density at radius 1 is 1.39 bits per heavy atom. The predicted molar refractivity (Wildman–Crippen MR) is 72.8 cm³/mol. The third kappa shape index (κ3) is 3.00. The van der Waals surface area contributed by atoms with E-state index in [1.807, 2.05) is 11.8 Å². The molecule has 4 nitrogen and oxygen atoms in total. The fourth-order valence-electron chi connectivity index (χ4n) is 2.73. The van der Waals surface area contributed by atoms with Gasteiger partial charge >= 0.3 is 0 Å². The molecule has 0 aromatic heterocycles. The van der Waals surface area contributed by atoms with Gasteiger partial charge in [0.1, 0.15) is 0 Å². The molecule has 2 aliphatic heterocycles. The van der Waals surface area contributed by atoms with E-state index >= 15 is 0 Å². The van der Waals surface area contributed by atoms with E-state index in [4.69, 9.17) is 4.74 Å². The standard InChI is InChI=1S/C13H22N2O2S/c16-13(12-9-18-6-4-14-12)15(11-1-2-11)7-10-3-5-17-8-10/h10-12,14H,1-9H2. The smallest absolute Gasteiger partial charge is 0.240 e. The Morgan fingerprint density at radius 2 is 2.28 bits per heavy atom. The van der Waals surface area contributed by atoms with Crippen LogP contribution in [0.25, 0.3) is 0 Å². The van der Waals surface area contributed by atoms with Gasteiger partial charge in [0.25, 0.3) is 0 Å².